The highest BCUT2D eigenvalue weighted by Gasteiger charge is 2.16. The van der Waals surface area contributed by atoms with Gasteiger partial charge in [-0.25, -0.2) is 0 Å². The van der Waals surface area contributed by atoms with E-state index < -0.39 is 0 Å². The highest BCUT2D eigenvalue weighted by molar-refractivity contribution is 6.06. The highest BCUT2D eigenvalue weighted by atomic mass is 16.3. The van der Waals surface area contributed by atoms with Crippen LogP contribution in [0.25, 0.3) is 54.6 Å². The fourth-order valence-corrected chi connectivity index (χ4v) is 5.80. The van der Waals surface area contributed by atoms with Gasteiger partial charge in [0, 0.05) is 27.8 Å². The fraction of sp³-hybridized carbons (Fsp3) is 0. The summed E-state index contributed by atoms with van der Waals surface area (Å²) in [6.45, 7) is 0. The standard InChI is InChI=1S/C38H25NO/c1-2-10-32(11-3-1)39(34-20-21-38-36(25-34)35-12-6-7-13-37(35)40-38)33-19-18-30-23-29(16-17-31(30)24-33)28-15-14-26-8-4-5-9-27(26)22-28/h1-25H. The molecule has 188 valence electrons. The molecular formula is C38H25NO. The van der Waals surface area contributed by atoms with Crippen molar-refractivity contribution in [3.05, 3.63) is 152 Å². The summed E-state index contributed by atoms with van der Waals surface area (Å²) < 4.78 is 6.11. The second-order valence-electron chi connectivity index (χ2n) is 10.3. The maximum Gasteiger partial charge on any atom is 0.135 e. The maximum atomic E-state index is 6.11. The molecule has 0 N–H and O–H groups in total. The van der Waals surface area contributed by atoms with E-state index in [1.165, 1.54) is 32.7 Å². The zero-order valence-corrected chi connectivity index (χ0v) is 21.8. The van der Waals surface area contributed by atoms with Crippen LogP contribution in [0, 0.1) is 0 Å². The molecule has 2 nitrogen and oxygen atoms in total. The number of fused-ring (bicyclic) bond motifs is 5. The summed E-state index contributed by atoms with van der Waals surface area (Å²) in [4.78, 5) is 2.32. The summed E-state index contributed by atoms with van der Waals surface area (Å²) >= 11 is 0. The molecule has 0 atom stereocenters. The molecule has 8 rings (SSSR count). The van der Waals surface area contributed by atoms with E-state index in [4.69, 9.17) is 4.42 Å². The maximum absolute atomic E-state index is 6.11. The van der Waals surface area contributed by atoms with Crippen LogP contribution in [0.3, 0.4) is 0 Å². The lowest BCUT2D eigenvalue weighted by molar-refractivity contribution is 0.669. The number of furan rings is 1. The summed E-state index contributed by atoms with van der Waals surface area (Å²) in [7, 11) is 0. The molecule has 0 aliphatic rings. The third-order valence-corrected chi connectivity index (χ3v) is 7.80. The number of nitrogens with zero attached hydrogens (tertiary/aromatic N) is 1. The Kier molecular flexibility index (Phi) is 5.17. The zero-order chi connectivity index (χ0) is 26.5. The molecular weight excluding hydrogens is 486 g/mol. The van der Waals surface area contributed by atoms with Gasteiger partial charge in [0.05, 0.1) is 0 Å². The number of anilines is 3. The van der Waals surface area contributed by atoms with E-state index in [2.05, 4.69) is 144 Å². The Morgan fingerprint density at radius 2 is 0.925 bits per heavy atom. The minimum atomic E-state index is 0.901. The van der Waals surface area contributed by atoms with Crippen molar-refractivity contribution >= 4 is 60.5 Å². The van der Waals surface area contributed by atoms with Gasteiger partial charge < -0.3 is 9.32 Å². The first-order valence-electron chi connectivity index (χ1n) is 13.6. The summed E-state index contributed by atoms with van der Waals surface area (Å²) in [6, 6.07) is 53.9. The van der Waals surface area contributed by atoms with E-state index in [1.54, 1.807) is 0 Å². The Morgan fingerprint density at radius 1 is 0.350 bits per heavy atom. The predicted molar refractivity (Wildman–Crippen MR) is 169 cm³/mol. The van der Waals surface area contributed by atoms with Crippen molar-refractivity contribution in [2.45, 2.75) is 0 Å². The Labute approximate surface area is 232 Å². The number of para-hydroxylation sites is 2. The van der Waals surface area contributed by atoms with Crippen LogP contribution in [0.2, 0.25) is 0 Å². The average Bonchev–Trinajstić information content (AvgIpc) is 3.39. The molecule has 2 heteroatoms. The molecule has 40 heavy (non-hydrogen) atoms. The van der Waals surface area contributed by atoms with E-state index in [0.717, 1.165) is 39.0 Å². The fourth-order valence-electron chi connectivity index (χ4n) is 5.80. The van der Waals surface area contributed by atoms with Gasteiger partial charge in [-0.05, 0) is 93.3 Å². The normalized spacial score (nSPS) is 11.5. The largest absolute Gasteiger partial charge is 0.456 e. The van der Waals surface area contributed by atoms with Gasteiger partial charge in [-0.2, -0.15) is 0 Å². The van der Waals surface area contributed by atoms with Crippen molar-refractivity contribution in [3.8, 4) is 11.1 Å². The van der Waals surface area contributed by atoms with Gasteiger partial charge in [0.25, 0.3) is 0 Å². The minimum Gasteiger partial charge on any atom is -0.456 e. The lowest BCUT2D eigenvalue weighted by atomic mass is 9.98. The van der Waals surface area contributed by atoms with Crippen LogP contribution in [0.5, 0.6) is 0 Å². The molecule has 0 radical (unpaired) electrons. The summed E-state index contributed by atoms with van der Waals surface area (Å²) in [6.07, 6.45) is 0. The molecule has 0 fully saturated rings. The Hall–Kier alpha value is -5.34. The first-order chi connectivity index (χ1) is 19.8. The topological polar surface area (TPSA) is 16.4 Å². The molecule has 7 aromatic carbocycles. The summed E-state index contributed by atoms with van der Waals surface area (Å²) in [5, 5.41) is 7.20. The van der Waals surface area contributed by atoms with E-state index >= 15 is 0 Å². The zero-order valence-electron chi connectivity index (χ0n) is 21.8. The molecule has 0 saturated heterocycles. The third kappa shape index (κ3) is 3.81. The van der Waals surface area contributed by atoms with Crippen LogP contribution in [0.1, 0.15) is 0 Å². The van der Waals surface area contributed by atoms with Crippen molar-refractivity contribution in [2.75, 3.05) is 4.90 Å². The van der Waals surface area contributed by atoms with Gasteiger partial charge in [0.2, 0.25) is 0 Å². The quantitative estimate of drug-likeness (QED) is 0.234. The monoisotopic (exact) mass is 511 g/mol. The Bertz CT molecular complexity index is 2170. The third-order valence-electron chi connectivity index (χ3n) is 7.80. The SMILES string of the molecule is c1ccc(N(c2ccc3cc(-c4ccc5ccccc5c4)ccc3c2)c2ccc3oc4ccccc4c3c2)cc1. The first-order valence-corrected chi connectivity index (χ1v) is 13.6. The Morgan fingerprint density at radius 3 is 1.77 bits per heavy atom. The molecule has 0 bridgehead atoms. The van der Waals surface area contributed by atoms with Gasteiger partial charge in [-0.1, -0.05) is 91.0 Å². The minimum absolute atomic E-state index is 0.901. The van der Waals surface area contributed by atoms with Gasteiger partial charge in [0.1, 0.15) is 11.2 Å². The molecule has 8 aromatic rings. The highest BCUT2D eigenvalue weighted by Crippen LogP contribution is 2.39. The van der Waals surface area contributed by atoms with Gasteiger partial charge >= 0.3 is 0 Å². The van der Waals surface area contributed by atoms with Crippen LogP contribution in [-0.2, 0) is 0 Å². The van der Waals surface area contributed by atoms with Crippen molar-refractivity contribution in [1.82, 2.24) is 0 Å². The van der Waals surface area contributed by atoms with Gasteiger partial charge in [-0.3, -0.25) is 0 Å². The smallest absolute Gasteiger partial charge is 0.135 e. The van der Waals surface area contributed by atoms with E-state index in [9.17, 15) is 0 Å². The number of hydrogen-bond acceptors (Lipinski definition) is 2. The first kappa shape index (κ1) is 22.6. The van der Waals surface area contributed by atoms with Gasteiger partial charge in [0.15, 0.2) is 0 Å². The molecule has 0 aliphatic carbocycles. The van der Waals surface area contributed by atoms with Crippen molar-refractivity contribution in [2.24, 2.45) is 0 Å². The van der Waals surface area contributed by atoms with Crippen LogP contribution in [-0.4, -0.2) is 0 Å². The number of benzene rings is 7. The summed E-state index contributed by atoms with van der Waals surface area (Å²) in [5.74, 6) is 0. The molecule has 0 amide bonds. The lowest BCUT2D eigenvalue weighted by Gasteiger charge is -2.26. The number of rotatable bonds is 4. The molecule has 1 aromatic heterocycles. The molecule has 0 saturated carbocycles. The van der Waals surface area contributed by atoms with Crippen molar-refractivity contribution in [3.63, 3.8) is 0 Å². The van der Waals surface area contributed by atoms with Crippen molar-refractivity contribution < 1.29 is 4.42 Å². The number of hydrogen-bond donors (Lipinski definition) is 0. The van der Waals surface area contributed by atoms with Crippen LogP contribution in [0.4, 0.5) is 17.1 Å². The van der Waals surface area contributed by atoms with E-state index in [-0.39, 0.29) is 0 Å². The molecule has 0 aliphatic heterocycles. The van der Waals surface area contributed by atoms with E-state index in [1.807, 2.05) is 12.1 Å². The molecule has 1 heterocycles. The summed E-state index contributed by atoms with van der Waals surface area (Å²) in [5.41, 5.74) is 7.59. The molecule has 0 spiro atoms. The average molecular weight is 512 g/mol. The predicted octanol–water partition coefficient (Wildman–Crippen LogP) is 11.0. The lowest BCUT2D eigenvalue weighted by Crippen LogP contribution is -2.09. The second kappa shape index (κ2) is 9.14. The van der Waals surface area contributed by atoms with Crippen LogP contribution in [0.15, 0.2) is 156 Å². The van der Waals surface area contributed by atoms with Crippen LogP contribution < -0.4 is 4.90 Å². The van der Waals surface area contributed by atoms with Gasteiger partial charge in [-0.15, -0.1) is 0 Å². The van der Waals surface area contributed by atoms with Crippen LogP contribution >= 0.6 is 0 Å². The Balaban J connectivity index is 1.24. The molecule has 0 unspecified atom stereocenters. The second-order valence-corrected chi connectivity index (χ2v) is 10.3. The van der Waals surface area contributed by atoms with Crippen molar-refractivity contribution in [1.29, 1.82) is 0 Å². The van der Waals surface area contributed by atoms with E-state index in [0.29, 0.717) is 0 Å².